The van der Waals surface area contributed by atoms with E-state index >= 15 is 0 Å². The number of aryl methyl sites for hydroxylation is 1. The van der Waals surface area contributed by atoms with Gasteiger partial charge < -0.3 is 5.32 Å². The molecule has 0 aromatic carbocycles. The minimum Gasteiger partial charge on any atom is -0.315 e. The number of aromatic nitrogens is 3. The number of nitrogens with one attached hydrogen (secondary N) is 1. The molecule has 18 heavy (non-hydrogen) atoms. The van der Waals surface area contributed by atoms with Crippen molar-refractivity contribution in [1.82, 2.24) is 20.1 Å². The van der Waals surface area contributed by atoms with Gasteiger partial charge in [0.2, 0.25) is 0 Å². The van der Waals surface area contributed by atoms with E-state index in [-0.39, 0.29) is 11.3 Å². The molecule has 1 aromatic rings. The third-order valence-electron chi connectivity index (χ3n) is 4.37. The van der Waals surface area contributed by atoms with E-state index in [2.05, 4.69) is 15.4 Å². The molecule has 3 rings (SSSR count). The lowest BCUT2D eigenvalue weighted by atomic mass is 9.68. The summed E-state index contributed by atoms with van der Waals surface area (Å²) in [6.07, 6.45) is 3.17. The Balaban J connectivity index is 1.81. The molecule has 0 saturated carbocycles. The van der Waals surface area contributed by atoms with Crippen LogP contribution in [0.2, 0.25) is 0 Å². The van der Waals surface area contributed by atoms with Crippen LogP contribution in [0, 0.1) is 11.3 Å². The van der Waals surface area contributed by atoms with Crippen molar-refractivity contribution in [2.24, 2.45) is 18.4 Å². The van der Waals surface area contributed by atoms with Crippen molar-refractivity contribution in [3.8, 4) is 0 Å². The lowest BCUT2D eigenvalue weighted by Gasteiger charge is -2.46. The first-order valence-electron chi connectivity index (χ1n) is 6.25. The molecule has 2 fully saturated rings. The van der Waals surface area contributed by atoms with Crippen LogP contribution in [0.5, 0.6) is 0 Å². The molecule has 0 bridgehead atoms. The Bertz CT molecular complexity index is 547. The van der Waals surface area contributed by atoms with E-state index in [1.165, 1.54) is 0 Å². The molecule has 0 aliphatic carbocycles. The van der Waals surface area contributed by atoms with Crippen LogP contribution in [-0.4, -0.2) is 47.8 Å². The lowest BCUT2D eigenvalue weighted by Crippen LogP contribution is -2.59. The molecule has 100 valence electrons. The van der Waals surface area contributed by atoms with Gasteiger partial charge in [0.1, 0.15) is 12.2 Å². The molecule has 1 atom stereocenters. The molecule has 0 amide bonds. The Morgan fingerprint density at radius 2 is 2.33 bits per heavy atom. The summed E-state index contributed by atoms with van der Waals surface area (Å²) < 4.78 is 25.1. The van der Waals surface area contributed by atoms with Crippen LogP contribution in [0.15, 0.2) is 6.33 Å². The van der Waals surface area contributed by atoms with Crippen molar-refractivity contribution in [3.05, 3.63) is 12.2 Å². The molecule has 2 aliphatic rings. The van der Waals surface area contributed by atoms with Gasteiger partial charge in [-0.05, 0) is 12.3 Å². The van der Waals surface area contributed by atoms with Crippen LogP contribution in [0.25, 0.3) is 0 Å². The van der Waals surface area contributed by atoms with Crippen molar-refractivity contribution in [3.63, 3.8) is 0 Å². The first-order valence-corrected chi connectivity index (χ1v) is 8.07. The number of sulfone groups is 1. The highest BCUT2D eigenvalue weighted by Gasteiger charge is 2.48. The van der Waals surface area contributed by atoms with Crippen LogP contribution < -0.4 is 5.32 Å². The maximum absolute atomic E-state index is 11.6. The van der Waals surface area contributed by atoms with E-state index in [1.807, 2.05) is 7.05 Å². The summed E-state index contributed by atoms with van der Waals surface area (Å²) in [4.78, 5) is 4.27. The Kier molecular flexibility index (Phi) is 2.71. The quantitative estimate of drug-likeness (QED) is 0.792. The number of nitrogens with zero attached hydrogens (tertiary/aromatic N) is 3. The smallest absolute Gasteiger partial charge is 0.150 e. The fourth-order valence-electron chi connectivity index (χ4n) is 3.08. The van der Waals surface area contributed by atoms with Crippen LogP contribution >= 0.6 is 0 Å². The summed E-state index contributed by atoms with van der Waals surface area (Å²) in [5.41, 5.74) is 0.0599. The monoisotopic (exact) mass is 270 g/mol. The van der Waals surface area contributed by atoms with Crippen LogP contribution in [0.4, 0.5) is 0 Å². The normalized spacial score (nSPS) is 29.1. The predicted octanol–water partition coefficient (Wildman–Crippen LogP) is -0.618. The molecule has 6 nitrogen and oxygen atoms in total. The summed E-state index contributed by atoms with van der Waals surface area (Å²) in [5, 5.41) is 7.37. The molecule has 3 heterocycles. The lowest BCUT2D eigenvalue weighted by molar-refractivity contribution is 0.0886. The summed E-state index contributed by atoms with van der Waals surface area (Å²) in [6.45, 7) is 1.78. The minimum atomic E-state index is -2.81. The third-order valence-corrected chi connectivity index (χ3v) is 6.14. The van der Waals surface area contributed by atoms with E-state index in [4.69, 9.17) is 0 Å². The Morgan fingerprint density at radius 3 is 2.78 bits per heavy atom. The van der Waals surface area contributed by atoms with Crippen molar-refractivity contribution in [1.29, 1.82) is 0 Å². The summed E-state index contributed by atoms with van der Waals surface area (Å²) in [7, 11) is -0.932. The van der Waals surface area contributed by atoms with Gasteiger partial charge in [-0.3, -0.25) is 4.68 Å². The number of rotatable bonds is 3. The minimum absolute atomic E-state index is 0.0599. The fraction of sp³-hybridized carbons (Fsp3) is 0.818. The maximum Gasteiger partial charge on any atom is 0.150 e. The van der Waals surface area contributed by atoms with Gasteiger partial charge in [-0.2, -0.15) is 5.10 Å². The second kappa shape index (κ2) is 4.03. The highest BCUT2D eigenvalue weighted by atomic mass is 32.2. The van der Waals surface area contributed by atoms with Crippen molar-refractivity contribution in [2.75, 3.05) is 24.6 Å². The van der Waals surface area contributed by atoms with Crippen LogP contribution in [0.3, 0.4) is 0 Å². The number of hydrogen-bond donors (Lipinski definition) is 1. The zero-order chi connectivity index (χ0) is 12.8. The van der Waals surface area contributed by atoms with Gasteiger partial charge in [-0.25, -0.2) is 13.4 Å². The average Bonchev–Trinajstić information content (AvgIpc) is 2.79. The van der Waals surface area contributed by atoms with E-state index < -0.39 is 9.84 Å². The molecule has 1 unspecified atom stereocenters. The molecule has 0 spiro atoms. The van der Waals surface area contributed by atoms with Gasteiger partial charge in [0.05, 0.1) is 11.5 Å². The fourth-order valence-corrected chi connectivity index (χ4v) is 5.02. The van der Waals surface area contributed by atoms with Gasteiger partial charge in [0.25, 0.3) is 0 Å². The van der Waals surface area contributed by atoms with Crippen molar-refractivity contribution in [2.45, 2.75) is 12.8 Å². The summed E-state index contributed by atoms with van der Waals surface area (Å²) in [6, 6.07) is 0. The molecule has 7 heteroatoms. The van der Waals surface area contributed by atoms with E-state index in [0.717, 1.165) is 31.8 Å². The molecule has 1 aromatic heterocycles. The van der Waals surface area contributed by atoms with Gasteiger partial charge in [0, 0.05) is 32.0 Å². The second-order valence-corrected chi connectivity index (χ2v) is 7.77. The second-order valence-electron chi connectivity index (χ2n) is 5.54. The number of hydrogen-bond acceptors (Lipinski definition) is 5. The van der Waals surface area contributed by atoms with Gasteiger partial charge in [-0.1, -0.05) is 0 Å². The molecular formula is C11H18N4O2S. The first kappa shape index (κ1) is 12.1. The summed E-state index contributed by atoms with van der Waals surface area (Å²) >= 11 is 0. The highest BCUT2D eigenvalue weighted by molar-refractivity contribution is 7.91. The Morgan fingerprint density at radius 1 is 1.56 bits per heavy atom. The Labute approximate surface area is 107 Å². The SMILES string of the molecule is Cn1ncnc1CC1(C2CCS(=O)(=O)C2)CNC1. The van der Waals surface area contributed by atoms with E-state index in [9.17, 15) is 8.42 Å². The maximum atomic E-state index is 11.6. The van der Waals surface area contributed by atoms with Crippen molar-refractivity contribution < 1.29 is 8.42 Å². The zero-order valence-electron chi connectivity index (χ0n) is 10.5. The predicted molar refractivity (Wildman–Crippen MR) is 66.8 cm³/mol. The molecule has 1 N–H and O–H groups in total. The van der Waals surface area contributed by atoms with E-state index in [0.29, 0.717) is 11.5 Å². The van der Waals surface area contributed by atoms with Crippen LogP contribution in [-0.2, 0) is 23.3 Å². The van der Waals surface area contributed by atoms with Gasteiger partial charge in [0.15, 0.2) is 9.84 Å². The standard InChI is InChI=1S/C11H18N4O2S/c1-15-10(13-8-14-15)4-11(6-12-7-11)9-2-3-18(16,17)5-9/h8-9,12H,2-7H2,1H3. The summed E-state index contributed by atoms with van der Waals surface area (Å²) in [5.74, 6) is 1.89. The molecule has 0 radical (unpaired) electrons. The van der Waals surface area contributed by atoms with Gasteiger partial charge in [-0.15, -0.1) is 0 Å². The molecule has 2 aliphatic heterocycles. The largest absolute Gasteiger partial charge is 0.315 e. The molecule has 2 saturated heterocycles. The third kappa shape index (κ3) is 1.95. The zero-order valence-corrected chi connectivity index (χ0v) is 11.3. The van der Waals surface area contributed by atoms with Gasteiger partial charge >= 0.3 is 0 Å². The van der Waals surface area contributed by atoms with Crippen LogP contribution in [0.1, 0.15) is 12.2 Å². The van der Waals surface area contributed by atoms with Crippen molar-refractivity contribution >= 4 is 9.84 Å². The Hall–Kier alpha value is -0.950. The molecular weight excluding hydrogens is 252 g/mol. The van der Waals surface area contributed by atoms with E-state index in [1.54, 1.807) is 11.0 Å². The average molecular weight is 270 g/mol. The highest BCUT2D eigenvalue weighted by Crippen LogP contribution is 2.41. The topological polar surface area (TPSA) is 76.9 Å². The first-order chi connectivity index (χ1) is 8.51.